The number of nitrogens with zero attached hydrogens (tertiary/aromatic N) is 1. The molecule has 2 heterocycles. The molecule has 0 radical (unpaired) electrons. The number of likely N-dealkylation sites (tertiary alicyclic amines) is 1. The lowest BCUT2D eigenvalue weighted by Gasteiger charge is -2.52. The molecule has 1 aromatic rings. The summed E-state index contributed by atoms with van der Waals surface area (Å²) in [5.41, 5.74) is 1.97. The SMILES string of the molecule is CC1(N2CC(c3ccccc3)C2)CCNCC1. The molecule has 0 atom stereocenters. The molecule has 2 saturated heterocycles. The van der Waals surface area contributed by atoms with Gasteiger partial charge in [0.2, 0.25) is 0 Å². The Bertz CT molecular complexity index is 362. The lowest BCUT2D eigenvalue weighted by molar-refractivity contribution is 0.00290. The smallest absolute Gasteiger partial charge is 0.0206 e. The maximum Gasteiger partial charge on any atom is 0.0206 e. The normalized spacial score (nSPS) is 25.5. The molecule has 2 aliphatic heterocycles. The van der Waals surface area contributed by atoms with Gasteiger partial charge in [0.15, 0.2) is 0 Å². The molecular weight excluding hydrogens is 208 g/mol. The molecule has 17 heavy (non-hydrogen) atoms. The Labute approximate surface area is 104 Å². The first-order valence-corrected chi connectivity index (χ1v) is 6.79. The van der Waals surface area contributed by atoms with Gasteiger partial charge in [-0.25, -0.2) is 0 Å². The molecule has 2 fully saturated rings. The summed E-state index contributed by atoms with van der Waals surface area (Å²) in [6.45, 7) is 7.31. The molecule has 0 saturated carbocycles. The van der Waals surface area contributed by atoms with Gasteiger partial charge < -0.3 is 5.32 Å². The second-order valence-electron chi connectivity index (χ2n) is 5.76. The zero-order valence-electron chi connectivity index (χ0n) is 10.7. The quantitative estimate of drug-likeness (QED) is 0.838. The maximum absolute atomic E-state index is 3.46. The average molecular weight is 230 g/mol. The fraction of sp³-hybridized carbons (Fsp3) is 0.600. The molecule has 0 bridgehead atoms. The van der Waals surface area contributed by atoms with Gasteiger partial charge in [-0.05, 0) is 38.4 Å². The second kappa shape index (κ2) is 4.43. The van der Waals surface area contributed by atoms with Crippen molar-refractivity contribution in [2.75, 3.05) is 26.2 Å². The minimum Gasteiger partial charge on any atom is -0.317 e. The predicted octanol–water partition coefficient (Wildman–Crippen LogP) is 2.23. The molecule has 1 aromatic carbocycles. The highest BCUT2D eigenvalue weighted by Gasteiger charge is 2.41. The van der Waals surface area contributed by atoms with Crippen molar-refractivity contribution in [1.82, 2.24) is 10.2 Å². The maximum atomic E-state index is 3.46. The van der Waals surface area contributed by atoms with E-state index in [4.69, 9.17) is 0 Å². The first kappa shape index (κ1) is 11.2. The van der Waals surface area contributed by atoms with Crippen molar-refractivity contribution in [3.8, 4) is 0 Å². The number of hydrogen-bond acceptors (Lipinski definition) is 2. The third-order valence-electron chi connectivity index (χ3n) is 4.60. The largest absolute Gasteiger partial charge is 0.317 e. The Balaban J connectivity index is 1.61. The third kappa shape index (κ3) is 2.12. The van der Waals surface area contributed by atoms with E-state index >= 15 is 0 Å². The monoisotopic (exact) mass is 230 g/mol. The van der Waals surface area contributed by atoms with Crippen LogP contribution in [0.4, 0.5) is 0 Å². The Hall–Kier alpha value is -0.860. The first-order chi connectivity index (χ1) is 8.28. The molecule has 2 nitrogen and oxygen atoms in total. The molecule has 3 rings (SSSR count). The van der Waals surface area contributed by atoms with Gasteiger partial charge in [-0.1, -0.05) is 30.3 Å². The zero-order chi connectivity index (χ0) is 11.7. The third-order valence-corrected chi connectivity index (χ3v) is 4.60. The second-order valence-corrected chi connectivity index (χ2v) is 5.76. The molecule has 0 spiro atoms. The Morgan fingerprint density at radius 2 is 1.76 bits per heavy atom. The van der Waals surface area contributed by atoms with Gasteiger partial charge >= 0.3 is 0 Å². The van der Waals surface area contributed by atoms with Gasteiger partial charge in [0, 0.05) is 24.5 Å². The fourth-order valence-corrected chi connectivity index (χ4v) is 3.14. The molecule has 0 unspecified atom stereocenters. The summed E-state index contributed by atoms with van der Waals surface area (Å²) < 4.78 is 0. The van der Waals surface area contributed by atoms with Crippen LogP contribution in [-0.4, -0.2) is 36.6 Å². The van der Waals surface area contributed by atoms with Crippen molar-refractivity contribution >= 4 is 0 Å². The minimum absolute atomic E-state index is 0.455. The molecule has 0 aliphatic carbocycles. The summed E-state index contributed by atoms with van der Waals surface area (Å²) in [4.78, 5) is 2.69. The van der Waals surface area contributed by atoms with E-state index in [-0.39, 0.29) is 0 Å². The van der Waals surface area contributed by atoms with E-state index in [0.29, 0.717) is 5.54 Å². The van der Waals surface area contributed by atoms with Crippen LogP contribution in [0.25, 0.3) is 0 Å². The van der Waals surface area contributed by atoms with Crippen molar-refractivity contribution in [2.24, 2.45) is 0 Å². The number of benzene rings is 1. The average Bonchev–Trinajstić information content (AvgIpc) is 2.29. The topological polar surface area (TPSA) is 15.3 Å². The van der Waals surface area contributed by atoms with Gasteiger partial charge in [-0.3, -0.25) is 4.90 Å². The molecule has 2 aliphatic rings. The van der Waals surface area contributed by atoms with Gasteiger partial charge in [0.1, 0.15) is 0 Å². The van der Waals surface area contributed by atoms with Crippen LogP contribution in [0.5, 0.6) is 0 Å². The van der Waals surface area contributed by atoms with E-state index in [1.54, 1.807) is 0 Å². The number of rotatable bonds is 2. The van der Waals surface area contributed by atoms with E-state index in [0.717, 1.165) is 5.92 Å². The molecule has 2 heteroatoms. The van der Waals surface area contributed by atoms with Crippen molar-refractivity contribution in [1.29, 1.82) is 0 Å². The van der Waals surface area contributed by atoms with Crippen LogP contribution in [0, 0.1) is 0 Å². The lowest BCUT2D eigenvalue weighted by atomic mass is 9.81. The van der Waals surface area contributed by atoms with Crippen molar-refractivity contribution < 1.29 is 0 Å². The lowest BCUT2D eigenvalue weighted by Crippen LogP contribution is -2.60. The minimum atomic E-state index is 0.455. The highest BCUT2D eigenvalue weighted by Crippen LogP contribution is 2.36. The standard InChI is InChI=1S/C15H22N2/c1-15(7-9-16-10-8-15)17-11-14(12-17)13-5-3-2-4-6-13/h2-6,14,16H,7-12H2,1H3. The van der Waals surface area contributed by atoms with Crippen LogP contribution in [-0.2, 0) is 0 Å². The van der Waals surface area contributed by atoms with Gasteiger partial charge in [-0.15, -0.1) is 0 Å². The Kier molecular flexibility index (Phi) is 2.93. The van der Waals surface area contributed by atoms with Crippen LogP contribution < -0.4 is 5.32 Å². The first-order valence-electron chi connectivity index (χ1n) is 6.79. The van der Waals surface area contributed by atoms with E-state index in [2.05, 4.69) is 47.5 Å². The summed E-state index contributed by atoms with van der Waals surface area (Å²) in [5.74, 6) is 0.767. The predicted molar refractivity (Wildman–Crippen MR) is 71.3 cm³/mol. The van der Waals surface area contributed by atoms with Crippen molar-refractivity contribution in [3.05, 3.63) is 35.9 Å². The molecular formula is C15H22N2. The molecule has 92 valence electrons. The van der Waals surface area contributed by atoms with E-state index in [9.17, 15) is 0 Å². The van der Waals surface area contributed by atoms with Crippen molar-refractivity contribution in [3.63, 3.8) is 0 Å². The zero-order valence-corrected chi connectivity index (χ0v) is 10.7. The summed E-state index contributed by atoms with van der Waals surface area (Å²) >= 11 is 0. The van der Waals surface area contributed by atoms with Gasteiger partial charge in [0.05, 0.1) is 0 Å². The highest BCUT2D eigenvalue weighted by atomic mass is 15.3. The van der Waals surface area contributed by atoms with E-state index < -0.39 is 0 Å². The summed E-state index contributed by atoms with van der Waals surface area (Å²) in [7, 11) is 0. The summed E-state index contributed by atoms with van der Waals surface area (Å²) in [5, 5.41) is 3.46. The van der Waals surface area contributed by atoms with E-state index in [1.165, 1.54) is 44.6 Å². The molecule has 1 N–H and O–H groups in total. The number of hydrogen-bond donors (Lipinski definition) is 1. The van der Waals surface area contributed by atoms with Crippen LogP contribution in [0.1, 0.15) is 31.2 Å². The van der Waals surface area contributed by atoms with Gasteiger partial charge in [-0.2, -0.15) is 0 Å². The number of nitrogens with one attached hydrogen (secondary N) is 1. The van der Waals surface area contributed by atoms with E-state index in [1.807, 2.05) is 0 Å². The van der Waals surface area contributed by atoms with Crippen LogP contribution in [0.15, 0.2) is 30.3 Å². The molecule has 0 aromatic heterocycles. The van der Waals surface area contributed by atoms with Gasteiger partial charge in [0.25, 0.3) is 0 Å². The number of piperidine rings is 1. The summed E-state index contributed by atoms with van der Waals surface area (Å²) in [6, 6.07) is 11.0. The van der Waals surface area contributed by atoms with Crippen LogP contribution in [0.2, 0.25) is 0 Å². The Morgan fingerprint density at radius 3 is 2.41 bits per heavy atom. The highest BCUT2D eigenvalue weighted by molar-refractivity contribution is 5.23. The van der Waals surface area contributed by atoms with Crippen molar-refractivity contribution in [2.45, 2.75) is 31.2 Å². The Morgan fingerprint density at radius 1 is 1.12 bits per heavy atom. The summed E-state index contributed by atoms with van der Waals surface area (Å²) in [6.07, 6.45) is 2.60. The molecule has 0 amide bonds. The van der Waals surface area contributed by atoms with Crippen LogP contribution >= 0.6 is 0 Å². The van der Waals surface area contributed by atoms with Crippen LogP contribution in [0.3, 0.4) is 0 Å². The fourth-order valence-electron chi connectivity index (χ4n) is 3.14.